The van der Waals surface area contributed by atoms with E-state index in [1.807, 2.05) is 6.08 Å². The van der Waals surface area contributed by atoms with Crippen LogP contribution in [0.3, 0.4) is 0 Å². The zero-order valence-electron chi connectivity index (χ0n) is 10.5. The second kappa shape index (κ2) is 3.79. The minimum Gasteiger partial charge on any atom is -0.387 e. The molecule has 1 aliphatic heterocycles. The van der Waals surface area contributed by atoms with E-state index in [2.05, 4.69) is 19.6 Å². The van der Waals surface area contributed by atoms with E-state index >= 15 is 0 Å². The van der Waals surface area contributed by atoms with Gasteiger partial charge in [0.05, 0.1) is 6.61 Å². The molecule has 2 atom stereocenters. The Bertz CT molecular complexity index is 343. The van der Waals surface area contributed by atoms with Crippen molar-refractivity contribution < 1.29 is 14.0 Å². The molecule has 2 rings (SSSR count). The molecule has 1 heterocycles. The molecule has 2 aliphatic rings. The summed E-state index contributed by atoms with van der Waals surface area (Å²) < 4.78 is 11.9. The summed E-state index contributed by atoms with van der Waals surface area (Å²) in [5, 5.41) is 0. The van der Waals surface area contributed by atoms with Gasteiger partial charge in [0.2, 0.25) is 0 Å². The zero-order valence-corrected chi connectivity index (χ0v) is 11.5. The van der Waals surface area contributed by atoms with Gasteiger partial charge in [-0.1, -0.05) is 0 Å². The van der Waals surface area contributed by atoms with E-state index in [0.29, 0.717) is 0 Å². The highest BCUT2D eigenvalue weighted by Gasteiger charge is 2.53. The summed E-state index contributed by atoms with van der Waals surface area (Å²) in [5.74, 6) is -0.236. The van der Waals surface area contributed by atoms with Gasteiger partial charge in [0.15, 0.2) is 19.9 Å². The summed E-state index contributed by atoms with van der Waals surface area (Å²) in [6, 6.07) is 0. The van der Waals surface area contributed by atoms with Gasteiger partial charge in [0.25, 0.3) is 0 Å². The standard InChI is InChI=1S/C12H20O3Si/c1-9(13)10-8-12(15-16(2,3)4)11(10)6-5-7-14-12/h8,11H,5-7H2,1-4H3/t11-,12-/m0/s1. The molecule has 0 bridgehead atoms. The van der Waals surface area contributed by atoms with E-state index in [9.17, 15) is 4.79 Å². The van der Waals surface area contributed by atoms with Crippen LogP contribution in [0.1, 0.15) is 19.8 Å². The Balaban J connectivity index is 2.22. The fraction of sp³-hybridized carbons (Fsp3) is 0.750. The van der Waals surface area contributed by atoms with Crippen molar-refractivity contribution in [1.29, 1.82) is 0 Å². The van der Waals surface area contributed by atoms with E-state index < -0.39 is 14.1 Å². The van der Waals surface area contributed by atoms with Crippen molar-refractivity contribution in [3.63, 3.8) is 0 Å². The largest absolute Gasteiger partial charge is 0.387 e. The molecule has 0 saturated carbocycles. The lowest BCUT2D eigenvalue weighted by molar-refractivity contribution is -0.218. The lowest BCUT2D eigenvalue weighted by Crippen LogP contribution is -2.57. The summed E-state index contributed by atoms with van der Waals surface area (Å²) in [6.45, 7) is 8.81. The van der Waals surface area contributed by atoms with Crippen LogP contribution in [0.4, 0.5) is 0 Å². The number of carbonyl (C=O) groups is 1. The number of ketones is 1. The first-order valence-electron chi connectivity index (χ1n) is 5.92. The number of ether oxygens (including phenoxy) is 1. The molecule has 16 heavy (non-hydrogen) atoms. The number of fused-ring (bicyclic) bond motifs is 1. The van der Waals surface area contributed by atoms with Crippen LogP contribution in [0.15, 0.2) is 11.6 Å². The molecule has 0 spiro atoms. The zero-order chi connectivity index (χ0) is 12.0. The van der Waals surface area contributed by atoms with E-state index in [-0.39, 0.29) is 11.7 Å². The molecule has 0 radical (unpaired) electrons. The van der Waals surface area contributed by atoms with Crippen LogP contribution in [0.2, 0.25) is 19.6 Å². The minimum absolute atomic E-state index is 0.158. The molecule has 0 aromatic carbocycles. The molecule has 4 heteroatoms. The second-order valence-electron chi connectivity index (χ2n) is 5.63. The SMILES string of the molecule is CC(=O)C1=C[C@@]2(O[Si](C)(C)C)OCCC[C@@H]12. The number of carbonyl (C=O) groups excluding carboxylic acids is 1. The van der Waals surface area contributed by atoms with Gasteiger partial charge < -0.3 is 9.16 Å². The summed E-state index contributed by atoms with van der Waals surface area (Å²) in [5.41, 5.74) is 0.901. The third-order valence-electron chi connectivity index (χ3n) is 3.05. The van der Waals surface area contributed by atoms with Crippen molar-refractivity contribution in [2.45, 2.75) is 45.2 Å². The smallest absolute Gasteiger partial charge is 0.188 e. The van der Waals surface area contributed by atoms with Crippen LogP contribution >= 0.6 is 0 Å². The van der Waals surface area contributed by atoms with Crippen molar-refractivity contribution in [3.8, 4) is 0 Å². The van der Waals surface area contributed by atoms with Gasteiger partial charge in [-0.15, -0.1) is 0 Å². The van der Waals surface area contributed by atoms with Crippen LogP contribution in [0.25, 0.3) is 0 Å². The average Bonchev–Trinajstić information content (AvgIpc) is 2.08. The van der Waals surface area contributed by atoms with Crippen LogP contribution in [-0.4, -0.2) is 26.5 Å². The quantitative estimate of drug-likeness (QED) is 0.711. The lowest BCUT2D eigenvalue weighted by atomic mass is 9.73. The molecule has 3 nitrogen and oxygen atoms in total. The number of hydrogen-bond donors (Lipinski definition) is 0. The minimum atomic E-state index is -1.65. The van der Waals surface area contributed by atoms with Gasteiger partial charge in [-0.3, -0.25) is 4.79 Å². The molecule has 1 fully saturated rings. The monoisotopic (exact) mass is 240 g/mol. The molecular formula is C12H20O3Si. The second-order valence-corrected chi connectivity index (χ2v) is 10.1. The van der Waals surface area contributed by atoms with Crippen molar-refractivity contribution in [1.82, 2.24) is 0 Å². The highest BCUT2D eigenvalue weighted by Crippen LogP contribution is 2.48. The molecule has 1 saturated heterocycles. The molecule has 0 amide bonds. The van der Waals surface area contributed by atoms with Crippen molar-refractivity contribution >= 4 is 14.1 Å². The Hall–Kier alpha value is -0.453. The van der Waals surface area contributed by atoms with Crippen LogP contribution in [-0.2, 0) is 14.0 Å². The lowest BCUT2D eigenvalue weighted by Gasteiger charge is -2.51. The Morgan fingerprint density at radius 2 is 2.25 bits per heavy atom. The van der Waals surface area contributed by atoms with E-state index in [1.165, 1.54) is 0 Å². The van der Waals surface area contributed by atoms with Gasteiger partial charge in [-0.25, -0.2) is 0 Å². The van der Waals surface area contributed by atoms with Crippen molar-refractivity contribution in [2.75, 3.05) is 6.61 Å². The number of rotatable bonds is 3. The normalized spacial score (nSPS) is 33.8. The Morgan fingerprint density at radius 1 is 1.56 bits per heavy atom. The third-order valence-corrected chi connectivity index (χ3v) is 3.99. The summed E-state index contributed by atoms with van der Waals surface area (Å²) in [7, 11) is -1.65. The Morgan fingerprint density at radius 3 is 2.81 bits per heavy atom. The van der Waals surface area contributed by atoms with Gasteiger partial charge in [0.1, 0.15) is 0 Å². The fourth-order valence-corrected chi connectivity index (χ4v) is 3.73. The molecular weight excluding hydrogens is 220 g/mol. The predicted molar refractivity (Wildman–Crippen MR) is 64.6 cm³/mol. The van der Waals surface area contributed by atoms with Crippen molar-refractivity contribution in [2.24, 2.45) is 5.92 Å². The van der Waals surface area contributed by atoms with E-state index in [0.717, 1.165) is 25.0 Å². The molecule has 0 unspecified atom stereocenters. The fourth-order valence-electron chi connectivity index (χ4n) is 2.51. The average molecular weight is 240 g/mol. The Labute approximate surface area is 97.9 Å². The molecule has 0 aromatic heterocycles. The van der Waals surface area contributed by atoms with Crippen LogP contribution in [0.5, 0.6) is 0 Å². The van der Waals surface area contributed by atoms with Crippen molar-refractivity contribution in [3.05, 3.63) is 11.6 Å². The predicted octanol–water partition coefficient (Wildman–Crippen LogP) is 2.49. The molecule has 0 N–H and O–H groups in total. The summed E-state index contributed by atoms with van der Waals surface area (Å²) in [4.78, 5) is 11.4. The number of Topliss-reactive ketones (excluding diaryl/α,β-unsaturated/α-hetero) is 1. The molecule has 90 valence electrons. The highest BCUT2D eigenvalue weighted by atomic mass is 28.4. The van der Waals surface area contributed by atoms with E-state index in [4.69, 9.17) is 9.16 Å². The first kappa shape index (κ1) is 12.0. The van der Waals surface area contributed by atoms with E-state index in [1.54, 1.807) is 6.92 Å². The van der Waals surface area contributed by atoms with Gasteiger partial charge >= 0.3 is 0 Å². The van der Waals surface area contributed by atoms with Crippen LogP contribution < -0.4 is 0 Å². The first-order chi connectivity index (χ1) is 7.34. The van der Waals surface area contributed by atoms with Gasteiger partial charge in [-0.05, 0) is 45.5 Å². The summed E-state index contributed by atoms with van der Waals surface area (Å²) >= 11 is 0. The van der Waals surface area contributed by atoms with Gasteiger partial charge in [-0.2, -0.15) is 0 Å². The molecule has 0 aromatic rings. The Kier molecular flexibility index (Phi) is 2.84. The van der Waals surface area contributed by atoms with Crippen LogP contribution in [0, 0.1) is 5.92 Å². The maximum atomic E-state index is 11.4. The maximum absolute atomic E-state index is 11.4. The first-order valence-corrected chi connectivity index (χ1v) is 9.33. The van der Waals surface area contributed by atoms with Gasteiger partial charge in [0, 0.05) is 11.5 Å². The number of hydrogen-bond acceptors (Lipinski definition) is 3. The maximum Gasteiger partial charge on any atom is 0.188 e. The summed E-state index contributed by atoms with van der Waals surface area (Å²) in [6.07, 6.45) is 3.93. The third kappa shape index (κ3) is 2.01. The highest BCUT2D eigenvalue weighted by molar-refractivity contribution is 6.69. The topological polar surface area (TPSA) is 35.5 Å². The molecule has 1 aliphatic carbocycles.